The third-order valence-electron chi connectivity index (χ3n) is 6.98. The Balaban J connectivity index is 1.93. The molecule has 0 spiro atoms. The van der Waals surface area contributed by atoms with Gasteiger partial charge in [0.15, 0.2) is 0 Å². The number of likely N-dealkylation sites (tertiary alicyclic amines) is 1. The first-order chi connectivity index (χ1) is 18.4. The second kappa shape index (κ2) is 11.0. The van der Waals surface area contributed by atoms with Crippen LogP contribution in [0.5, 0.6) is 11.5 Å². The third kappa shape index (κ3) is 5.70. The standard InChI is InChI=1S/C33H37NO5/c1-20(2)39-25-13-10-12-22(17-25)29-28(30(35)26-18-24(33(4,5)6)16-15-21(26)3)31(36)32(37)34(29)19-23-11-8-9-14-27(23)38-7/h8-18,20,29,35H,19H2,1-7H3/b30-28+. The van der Waals surface area contributed by atoms with E-state index in [-0.39, 0.29) is 29.4 Å². The van der Waals surface area contributed by atoms with Gasteiger partial charge in [0.05, 0.1) is 31.4 Å². The van der Waals surface area contributed by atoms with Crippen molar-refractivity contribution in [3.05, 3.63) is 100 Å². The number of aliphatic hydroxyl groups excluding tert-OH is 1. The summed E-state index contributed by atoms with van der Waals surface area (Å²) in [7, 11) is 1.57. The summed E-state index contributed by atoms with van der Waals surface area (Å²) in [5.41, 5.74) is 3.69. The highest BCUT2D eigenvalue weighted by atomic mass is 16.5. The lowest BCUT2D eigenvalue weighted by atomic mass is 9.84. The Morgan fingerprint density at radius 3 is 2.38 bits per heavy atom. The van der Waals surface area contributed by atoms with E-state index in [4.69, 9.17) is 9.47 Å². The molecule has 6 nitrogen and oxygen atoms in total. The average Bonchev–Trinajstić information content (AvgIpc) is 3.13. The molecule has 6 heteroatoms. The van der Waals surface area contributed by atoms with Gasteiger partial charge in [-0.15, -0.1) is 0 Å². The van der Waals surface area contributed by atoms with E-state index in [1.807, 2.05) is 87.5 Å². The number of ketones is 1. The Kier molecular flexibility index (Phi) is 7.86. The summed E-state index contributed by atoms with van der Waals surface area (Å²) in [5.74, 6) is -0.338. The zero-order chi connectivity index (χ0) is 28.5. The lowest BCUT2D eigenvalue weighted by Gasteiger charge is -2.27. The molecule has 1 aliphatic heterocycles. The Labute approximate surface area is 230 Å². The van der Waals surface area contributed by atoms with Crippen LogP contribution in [0, 0.1) is 6.92 Å². The molecular weight excluding hydrogens is 490 g/mol. The minimum absolute atomic E-state index is 0.0528. The smallest absolute Gasteiger partial charge is 0.295 e. The van der Waals surface area contributed by atoms with Crippen LogP contribution in [0.2, 0.25) is 0 Å². The Bertz CT molecular complexity index is 1430. The zero-order valence-electron chi connectivity index (χ0n) is 23.7. The molecule has 1 fully saturated rings. The van der Waals surface area contributed by atoms with Crippen LogP contribution in [0.15, 0.2) is 72.3 Å². The molecule has 1 aliphatic rings. The van der Waals surface area contributed by atoms with Gasteiger partial charge in [0.2, 0.25) is 0 Å². The average molecular weight is 528 g/mol. The molecule has 1 N–H and O–H groups in total. The number of hydrogen-bond donors (Lipinski definition) is 1. The lowest BCUT2D eigenvalue weighted by molar-refractivity contribution is -0.140. The van der Waals surface area contributed by atoms with Gasteiger partial charge in [-0.3, -0.25) is 9.59 Å². The van der Waals surface area contributed by atoms with Gasteiger partial charge in [0.1, 0.15) is 17.3 Å². The maximum Gasteiger partial charge on any atom is 0.295 e. The number of methoxy groups -OCH3 is 1. The fourth-order valence-electron chi connectivity index (χ4n) is 4.93. The normalized spacial score (nSPS) is 17.1. The van der Waals surface area contributed by atoms with E-state index >= 15 is 0 Å². The van der Waals surface area contributed by atoms with Crippen LogP contribution in [0.4, 0.5) is 0 Å². The highest BCUT2D eigenvalue weighted by Crippen LogP contribution is 2.42. The summed E-state index contributed by atoms with van der Waals surface area (Å²) < 4.78 is 11.4. The molecule has 39 heavy (non-hydrogen) atoms. The molecule has 1 amide bonds. The van der Waals surface area contributed by atoms with Crippen molar-refractivity contribution in [3.8, 4) is 11.5 Å². The number of nitrogens with zero attached hydrogens (tertiary/aromatic N) is 1. The molecule has 0 bridgehead atoms. The lowest BCUT2D eigenvalue weighted by Crippen LogP contribution is -2.29. The summed E-state index contributed by atoms with van der Waals surface area (Å²) >= 11 is 0. The minimum atomic E-state index is -0.816. The summed E-state index contributed by atoms with van der Waals surface area (Å²) in [4.78, 5) is 28.7. The van der Waals surface area contributed by atoms with Crippen LogP contribution in [0.1, 0.15) is 68.5 Å². The SMILES string of the molecule is COc1ccccc1CN1C(=O)C(=O)/C(=C(/O)c2cc(C(C)(C)C)ccc2C)C1c1cccc(OC(C)C)c1. The number of aliphatic hydroxyl groups is 1. The number of Topliss-reactive ketones (excluding diaryl/α,β-unsaturated/α-hetero) is 1. The van der Waals surface area contributed by atoms with Gasteiger partial charge in [-0.1, -0.05) is 63.2 Å². The van der Waals surface area contributed by atoms with Gasteiger partial charge < -0.3 is 19.5 Å². The zero-order valence-corrected chi connectivity index (χ0v) is 23.7. The highest BCUT2D eigenvalue weighted by molar-refractivity contribution is 6.46. The molecule has 0 aliphatic carbocycles. The second-order valence-corrected chi connectivity index (χ2v) is 11.3. The van der Waals surface area contributed by atoms with Crippen molar-refractivity contribution in [3.63, 3.8) is 0 Å². The number of carbonyl (C=O) groups is 2. The molecule has 3 aromatic carbocycles. The van der Waals surface area contributed by atoms with Crippen LogP contribution < -0.4 is 9.47 Å². The van der Waals surface area contributed by atoms with Crippen LogP contribution in [-0.2, 0) is 21.5 Å². The fourth-order valence-corrected chi connectivity index (χ4v) is 4.93. The topological polar surface area (TPSA) is 76.1 Å². The number of rotatable bonds is 7. The first-order valence-electron chi connectivity index (χ1n) is 13.2. The fraction of sp³-hybridized carbons (Fsp3) is 0.333. The van der Waals surface area contributed by atoms with Crippen molar-refractivity contribution >= 4 is 17.4 Å². The van der Waals surface area contributed by atoms with Gasteiger partial charge in [-0.25, -0.2) is 0 Å². The number of aryl methyl sites for hydroxylation is 1. The molecule has 1 saturated heterocycles. The largest absolute Gasteiger partial charge is 0.507 e. The van der Waals surface area contributed by atoms with E-state index in [0.29, 0.717) is 22.6 Å². The molecular formula is C33H37NO5. The minimum Gasteiger partial charge on any atom is -0.507 e. The molecule has 4 rings (SSSR count). The Hall–Kier alpha value is -4.06. The van der Waals surface area contributed by atoms with E-state index in [9.17, 15) is 14.7 Å². The van der Waals surface area contributed by atoms with Gasteiger partial charge in [0, 0.05) is 11.1 Å². The molecule has 0 aromatic heterocycles. The molecule has 3 aromatic rings. The van der Waals surface area contributed by atoms with Crippen molar-refractivity contribution in [1.29, 1.82) is 0 Å². The summed E-state index contributed by atoms with van der Waals surface area (Å²) in [5, 5.41) is 11.7. The van der Waals surface area contributed by atoms with Crippen molar-refractivity contribution in [2.75, 3.05) is 7.11 Å². The number of hydrogen-bond acceptors (Lipinski definition) is 5. The number of ether oxygens (including phenoxy) is 2. The molecule has 0 saturated carbocycles. The van der Waals surface area contributed by atoms with Crippen molar-refractivity contribution in [1.82, 2.24) is 4.90 Å². The number of amides is 1. The van der Waals surface area contributed by atoms with Gasteiger partial charge in [0.25, 0.3) is 11.7 Å². The van der Waals surface area contributed by atoms with Crippen LogP contribution in [-0.4, -0.2) is 34.9 Å². The van der Waals surface area contributed by atoms with Crippen LogP contribution in [0.3, 0.4) is 0 Å². The molecule has 1 unspecified atom stereocenters. The molecule has 1 atom stereocenters. The van der Waals surface area contributed by atoms with E-state index in [2.05, 4.69) is 20.8 Å². The van der Waals surface area contributed by atoms with Crippen molar-refractivity contribution < 1.29 is 24.2 Å². The predicted molar refractivity (Wildman–Crippen MR) is 153 cm³/mol. The van der Waals surface area contributed by atoms with E-state index in [0.717, 1.165) is 16.7 Å². The summed E-state index contributed by atoms with van der Waals surface area (Å²) in [6, 6.07) is 19.8. The van der Waals surface area contributed by atoms with Gasteiger partial charge >= 0.3 is 0 Å². The predicted octanol–water partition coefficient (Wildman–Crippen LogP) is 6.71. The molecule has 1 heterocycles. The Morgan fingerprint density at radius 2 is 1.72 bits per heavy atom. The van der Waals surface area contributed by atoms with Gasteiger partial charge in [-0.05, 0) is 67.1 Å². The highest BCUT2D eigenvalue weighted by Gasteiger charge is 2.46. The summed E-state index contributed by atoms with van der Waals surface area (Å²) in [6.45, 7) is 12.2. The van der Waals surface area contributed by atoms with Gasteiger partial charge in [-0.2, -0.15) is 0 Å². The summed E-state index contributed by atoms with van der Waals surface area (Å²) in [6.07, 6.45) is -0.0528. The maximum atomic E-state index is 13.6. The first kappa shape index (κ1) is 28.0. The Morgan fingerprint density at radius 1 is 1.00 bits per heavy atom. The van der Waals surface area contributed by atoms with Crippen molar-refractivity contribution in [2.24, 2.45) is 0 Å². The van der Waals surface area contributed by atoms with E-state index in [1.54, 1.807) is 7.11 Å². The van der Waals surface area contributed by atoms with E-state index in [1.165, 1.54) is 4.90 Å². The van der Waals surface area contributed by atoms with E-state index < -0.39 is 17.7 Å². The number of para-hydroxylation sites is 1. The number of benzene rings is 3. The molecule has 204 valence electrons. The first-order valence-corrected chi connectivity index (χ1v) is 13.2. The quantitative estimate of drug-likeness (QED) is 0.210. The number of carbonyl (C=O) groups excluding carboxylic acids is 2. The molecule has 0 radical (unpaired) electrons. The van der Waals surface area contributed by atoms with Crippen molar-refractivity contribution in [2.45, 2.75) is 65.6 Å². The van der Waals surface area contributed by atoms with Crippen LogP contribution in [0.25, 0.3) is 5.76 Å². The second-order valence-electron chi connectivity index (χ2n) is 11.3. The maximum absolute atomic E-state index is 13.6. The van der Waals surface area contributed by atoms with Crippen LogP contribution >= 0.6 is 0 Å². The third-order valence-corrected chi connectivity index (χ3v) is 6.98. The monoisotopic (exact) mass is 527 g/mol.